The summed E-state index contributed by atoms with van der Waals surface area (Å²) in [5.74, 6) is -1.81. The molecule has 0 aliphatic heterocycles. The molecule has 0 saturated heterocycles. The Morgan fingerprint density at radius 1 is 1.37 bits per heavy atom. The second-order valence-corrected chi connectivity index (χ2v) is 3.98. The summed E-state index contributed by atoms with van der Waals surface area (Å²) in [7, 11) is 0. The molecule has 0 aliphatic carbocycles. The minimum Gasteiger partial charge on any atom is -0.355 e. The minimum atomic E-state index is -0.794. The van der Waals surface area contributed by atoms with Gasteiger partial charge in [-0.15, -0.1) is 0 Å². The van der Waals surface area contributed by atoms with Crippen LogP contribution in [0.25, 0.3) is 0 Å². The fourth-order valence-electron chi connectivity index (χ4n) is 1.46. The monoisotopic (exact) mass is 267 g/mol. The molecule has 6 heteroatoms. The van der Waals surface area contributed by atoms with Crippen LogP contribution in [0.2, 0.25) is 0 Å². The molecule has 1 aromatic carbocycles. The summed E-state index contributed by atoms with van der Waals surface area (Å²) in [6, 6.07) is 3.61. The van der Waals surface area contributed by atoms with E-state index in [0.29, 0.717) is 6.54 Å². The van der Waals surface area contributed by atoms with Crippen molar-refractivity contribution >= 4 is 5.91 Å². The molecule has 1 amide bonds. The first-order chi connectivity index (χ1) is 9.08. The summed E-state index contributed by atoms with van der Waals surface area (Å²) in [6.07, 6.45) is 0.824. The van der Waals surface area contributed by atoms with E-state index in [1.807, 2.05) is 6.92 Å². The van der Waals surface area contributed by atoms with Gasteiger partial charge in [0.1, 0.15) is 11.6 Å². The van der Waals surface area contributed by atoms with E-state index in [0.717, 1.165) is 18.6 Å². The largest absolute Gasteiger partial charge is 0.355 e. The van der Waals surface area contributed by atoms with Gasteiger partial charge in [0.2, 0.25) is 5.91 Å². The Kier molecular flexibility index (Phi) is 5.90. The van der Waals surface area contributed by atoms with Crippen molar-refractivity contribution in [2.45, 2.75) is 19.9 Å². The number of nitrogens with one attached hydrogen (secondary N) is 2. The molecule has 0 atom stereocenters. The van der Waals surface area contributed by atoms with Gasteiger partial charge in [0, 0.05) is 18.7 Å². The minimum absolute atomic E-state index is 0.0150. The van der Waals surface area contributed by atoms with Crippen LogP contribution in [0.4, 0.5) is 8.78 Å². The Morgan fingerprint density at radius 3 is 2.53 bits per heavy atom. The van der Waals surface area contributed by atoms with Crippen molar-refractivity contribution in [2.75, 3.05) is 13.1 Å². The fraction of sp³-hybridized carbons (Fsp3) is 0.385. The molecule has 19 heavy (non-hydrogen) atoms. The van der Waals surface area contributed by atoms with Crippen molar-refractivity contribution in [3.05, 3.63) is 34.9 Å². The summed E-state index contributed by atoms with van der Waals surface area (Å²) < 4.78 is 27.0. The lowest BCUT2D eigenvalue weighted by molar-refractivity contribution is -0.120. The van der Waals surface area contributed by atoms with E-state index in [2.05, 4.69) is 10.6 Å². The van der Waals surface area contributed by atoms with Crippen LogP contribution in [0.1, 0.15) is 24.5 Å². The highest BCUT2D eigenvalue weighted by Crippen LogP contribution is 2.14. The van der Waals surface area contributed by atoms with Crippen LogP contribution in [0.5, 0.6) is 0 Å². The number of hydrogen-bond acceptors (Lipinski definition) is 3. The lowest BCUT2D eigenvalue weighted by Crippen LogP contribution is -2.34. The number of hydrogen-bond donors (Lipinski definition) is 2. The van der Waals surface area contributed by atoms with Gasteiger partial charge in [0.05, 0.1) is 18.2 Å². The van der Waals surface area contributed by atoms with Gasteiger partial charge in [0.25, 0.3) is 0 Å². The third kappa shape index (κ3) is 4.64. The second-order valence-electron chi connectivity index (χ2n) is 3.98. The highest BCUT2D eigenvalue weighted by molar-refractivity contribution is 5.77. The van der Waals surface area contributed by atoms with E-state index in [4.69, 9.17) is 5.26 Å². The van der Waals surface area contributed by atoms with Crippen molar-refractivity contribution in [2.24, 2.45) is 0 Å². The maximum Gasteiger partial charge on any atom is 0.233 e. The highest BCUT2D eigenvalue weighted by atomic mass is 19.1. The maximum absolute atomic E-state index is 13.5. The van der Waals surface area contributed by atoms with Crippen LogP contribution in [-0.2, 0) is 11.3 Å². The number of nitrogens with zero attached hydrogens (tertiary/aromatic N) is 1. The van der Waals surface area contributed by atoms with Crippen LogP contribution >= 0.6 is 0 Å². The lowest BCUT2D eigenvalue weighted by atomic mass is 10.1. The van der Waals surface area contributed by atoms with Gasteiger partial charge < -0.3 is 10.6 Å². The number of nitriles is 1. The molecule has 0 aliphatic rings. The Bertz CT molecular complexity index is 474. The lowest BCUT2D eigenvalue weighted by Gasteiger charge is -2.08. The Morgan fingerprint density at radius 2 is 2.00 bits per heavy atom. The molecule has 0 radical (unpaired) electrons. The van der Waals surface area contributed by atoms with Crippen molar-refractivity contribution in [3.63, 3.8) is 0 Å². The van der Waals surface area contributed by atoms with E-state index < -0.39 is 11.6 Å². The molecule has 2 N–H and O–H groups in total. The zero-order valence-corrected chi connectivity index (χ0v) is 10.6. The zero-order chi connectivity index (χ0) is 14.3. The van der Waals surface area contributed by atoms with E-state index >= 15 is 0 Å². The summed E-state index contributed by atoms with van der Waals surface area (Å²) >= 11 is 0. The van der Waals surface area contributed by atoms with Gasteiger partial charge in [-0.1, -0.05) is 6.92 Å². The Balaban J connectivity index is 2.55. The molecule has 0 fully saturated rings. The quantitative estimate of drug-likeness (QED) is 0.820. The maximum atomic E-state index is 13.5. The number of carbonyl (C=O) groups is 1. The van der Waals surface area contributed by atoms with Gasteiger partial charge in [-0.2, -0.15) is 5.26 Å². The fourth-order valence-corrected chi connectivity index (χ4v) is 1.46. The second kappa shape index (κ2) is 7.44. The van der Waals surface area contributed by atoms with Gasteiger partial charge >= 0.3 is 0 Å². The third-order valence-electron chi connectivity index (χ3n) is 2.43. The van der Waals surface area contributed by atoms with E-state index in [1.54, 1.807) is 6.07 Å². The summed E-state index contributed by atoms with van der Waals surface area (Å²) in [4.78, 5) is 11.3. The number of halogens is 2. The Hall–Kier alpha value is -2.00. The van der Waals surface area contributed by atoms with Crippen LogP contribution in [-0.4, -0.2) is 19.0 Å². The first-order valence-electron chi connectivity index (χ1n) is 5.94. The van der Waals surface area contributed by atoms with Crippen LogP contribution < -0.4 is 10.6 Å². The number of rotatable bonds is 6. The van der Waals surface area contributed by atoms with E-state index in [-0.39, 0.29) is 30.1 Å². The standard InChI is InChI=1S/C13H15F2N3O/c1-2-3-18-13(19)8-17-7-10-11(14)4-9(6-16)5-12(10)15/h4-5,17H,2-3,7-8H2,1H3,(H,18,19). The topological polar surface area (TPSA) is 64.9 Å². The van der Waals surface area contributed by atoms with Gasteiger partial charge in [-0.05, 0) is 18.6 Å². The first-order valence-corrected chi connectivity index (χ1v) is 5.94. The van der Waals surface area contributed by atoms with Crippen LogP contribution in [0.15, 0.2) is 12.1 Å². The third-order valence-corrected chi connectivity index (χ3v) is 2.43. The van der Waals surface area contributed by atoms with Crippen molar-refractivity contribution < 1.29 is 13.6 Å². The first kappa shape index (κ1) is 15.1. The summed E-state index contributed by atoms with van der Waals surface area (Å²) in [6.45, 7) is 2.37. The molecule has 0 spiro atoms. The zero-order valence-electron chi connectivity index (χ0n) is 10.6. The highest BCUT2D eigenvalue weighted by Gasteiger charge is 2.11. The van der Waals surface area contributed by atoms with E-state index in [1.165, 1.54) is 0 Å². The molecule has 0 saturated carbocycles. The van der Waals surface area contributed by atoms with Crippen LogP contribution in [0.3, 0.4) is 0 Å². The molecule has 0 unspecified atom stereocenters. The molecule has 102 valence electrons. The smallest absolute Gasteiger partial charge is 0.233 e. The normalized spacial score (nSPS) is 10.0. The number of carbonyl (C=O) groups excluding carboxylic acids is 1. The average Bonchev–Trinajstić information content (AvgIpc) is 2.39. The molecular formula is C13H15F2N3O. The summed E-state index contributed by atoms with van der Waals surface area (Å²) in [5, 5.41) is 13.8. The molecule has 1 aromatic rings. The predicted octanol–water partition coefficient (Wildman–Crippen LogP) is 1.45. The average molecular weight is 267 g/mol. The molecule has 0 aromatic heterocycles. The van der Waals surface area contributed by atoms with Crippen molar-refractivity contribution in [3.8, 4) is 6.07 Å². The number of amides is 1. The van der Waals surface area contributed by atoms with Crippen LogP contribution in [0, 0.1) is 23.0 Å². The van der Waals surface area contributed by atoms with Gasteiger partial charge in [0.15, 0.2) is 0 Å². The molecule has 0 bridgehead atoms. The predicted molar refractivity (Wildman–Crippen MR) is 66.1 cm³/mol. The number of benzene rings is 1. The molecule has 1 rings (SSSR count). The molecule has 0 heterocycles. The van der Waals surface area contributed by atoms with Crippen molar-refractivity contribution in [1.29, 1.82) is 5.26 Å². The SMILES string of the molecule is CCCNC(=O)CNCc1c(F)cc(C#N)cc1F. The van der Waals surface area contributed by atoms with Crippen molar-refractivity contribution in [1.82, 2.24) is 10.6 Å². The molecular weight excluding hydrogens is 252 g/mol. The summed E-state index contributed by atoms with van der Waals surface area (Å²) in [5.41, 5.74) is -0.248. The molecule has 4 nitrogen and oxygen atoms in total. The van der Waals surface area contributed by atoms with Gasteiger partial charge in [-0.3, -0.25) is 4.79 Å². The van der Waals surface area contributed by atoms with Gasteiger partial charge in [-0.25, -0.2) is 8.78 Å². The Labute approximate surface area is 110 Å². The van der Waals surface area contributed by atoms with E-state index in [9.17, 15) is 13.6 Å².